The zero-order valence-corrected chi connectivity index (χ0v) is 33.5. The molecule has 3 atom stereocenters. The van der Waals surface area contributed by atoms with Crippen molar-refractivity contribution in [1.82, 2.24) is 0 Å². The summed E-state index contributed by atoms with van der Waals surface area (Å²) in [6.45, 7) is 22.6. The van der Waals surface area contributed by atoms with Crippen LogP contribution in [0.25, 0.3) is 0 Å². The van der Waals surface area contributed by atoms with Gasteiger partial charge < -0.3 is 0 Å². The molecular formula is C47H98. The standard InChI is InChI=1S/C21H38.2C10H20.2C2H6.2CH4/c1-16-6-3-9-18(10-4-7-16)20-11-5-8-17(2)14-21(15-20)19-12-13-19;2*1-9-5-3-7-10(2)8-4-6-9;2*1-2;;/h16-21H,3-15H2,1-2H3;2*9-10H,3-8H2,1-2H3;2*1-2H3;2*1H4. The molecule has 0 heteroatoms. The molecule has 0 bridgehead atoms. The molecule has 5 aliphatic rings. The van der Waals surface area contributed by atoms with Gasteiger partial charge in [-0.25, -0.2) is 0 Å². The predicted octanol–water partition coefficient (Wildman–Crippen LogP) is 17.4. The van der Waals surface area contributed by atoms with Crippen LogP contribution in [-0.2, 0) is 0 Å². The molecule has 0 saturated heterocycles. The fourth-order valence-electron chi connectivity index (χ4n) is 9.40. The fourth-order valence-corrected chi connectivity index (χ4v) is 9.40. The summed E-state index contributed by atoms with van der Waals surface area (Å²) < 4.78 is 0. The first-order valence-electron chi connectivity index (χ1n) is 21.8. The van der Waals surface area contributed by atoms with E-state index in [1.54, 1.807) is 44.9 Å². The van der Waals surface area contributed by atoms with Gasteiger partial charge in [0.2, 0.25) is 0 Å². The fraction of sp³-hybridized carbons (Fsp3) is 1.00. The molecule has 286 valence electrons. The van der Waals surface area contributed by atoms with Gasteiger partial charge in [0.25, 0.3) is 0 Å². The van der Waals surface area contributed by atoms with Crippen LogP contribution in [0.5, 0.6) is 0 Å². The summed E-state index contributed by atoms with van der Waals surface area (Å²) in [7, 11) is 0. The van der Waals surface area contributed by atoms with E-state index in [4.69, 9.17) is 0 Å². The van der Waals surface area contributed by atoms with Crippen LogP contribution in [0.3, 0.4) is 0 Å². The topological polar surface area (TPSA) is 0 Å². The van der Waals surface area contributed by atoms with E-state index in [9.17, 15) is 0 Å². The average Bonchev–Trinajstić information content (AvgIpc) is 3.84. The molecule has 0 aromatic heterocycles. The normalized spacial score (nSPS) is 35.2. The van der Waals surface area contributed by atoms with E-state index in [-0.39, 0.29) is 14.9 Å². The zero-order chi connectivity index (χ0) is 33.5. The largest absolute Gasteiger partial charge is 0.0776 e. The molecule has 0 N–H and O–H groups in total. The molecule has 0 nitrogen and oxygen atoms in total. The number of rotatable bonds is 2. The van der Waals surface area contributed by atoms with E-state index in [1.165, 1.54) is 116 Å². The highest BCUT2D eigenvalue weighted by molar-refractivity contribution is 4.87. The van der Waals surface area contributed by atoms with E-state index in [0.717, 1.165) is 59.2 Å². The van der Waals surface area contributed by atoms with Crippen LogP contribution in [-0.4, -0.2) is 0 Å². The first-order chi connectivity index (χ1) is 21.8. The summed E-state index contributed by atoms with van der Waals surface area (Å²) in [6, 6.07) is 0. The quantitative estimate of drug-likeness (QED) is 0.276. The lowest BCUT2D eigenvalue weighted by Crippen LogP contribution is -2.24. The Kier molecular flexibility index (Phi) is 32.2. The smallest absolute Gasteiger partial charge is 0.0381 e. The number of hydrogen-bond donors (Lipinski definition) is 0. The second-order valence-electron chi connectivity index (χ2n) is 17.2. The molecule has 0 heterocycles. The average molecular weight is 663 g/mol. The van der Waals surface area contributed by atoms with E-state index < -0.39 is 0 Å². The summed E-state index contributed by atoms with van der Waals surface area (Å²) in [5.74, 6) is 10.5. The van der Waals surface area contributed by atoms with Gasteiger partial charge in [-0.3, -0.25) is 0 Å². The van der Waals surface area contributed by atoms with Crippen molar-refractivity contribution in [2.45, 2.75) is 245 Å². The van der Waals surface area contributed by atoms with Crippen LogP contribution in [0.15, 0.2) is 0 Å². The first kappa shape index (κ1) is 49.1. The van der Waals surface area contributed by atoms with Crippen LogP contribution in [0.2, 0.25) is 0 Å². The van der Waals surface area contributed by atoms with Crippen LogP contribution < -0.4 is 0 Å². The molecule has 5 saturated carbocycles. The maximum atomic E-state index is 2.52. The SMILES string of the molecule is C.C.CC.CC.CC1CCCC(C)CCC1.CC1CCCC(C)CCC1.CC1CCCC(C2CCCC(C)CC(C3CC3)C2)CCC1. The van der Waals surface area contributed by atoms with Gasteiger partial charge >= 0.3 is 0 Å². The van der Waals surface area contributed by atoms with E-state index >= 15 is 0 Å². The molecule has 5 rings (SSSR count). The minimum Gasteiger partial charge on any atom is -0.0776 e. The van der Waals surface area contributed by atoms with Crippen LogP contribution in [0, 0.1) is 59.2 Å². The second kappa shape index (κ2) is 30.8. The van der Waals surface area contributed by atoms with Crippen molar-refractivity contribution in [2.24, 2.45) is 59.2 Å². The summed E-state index contributed by atoms with van der Waals surface area (Å²) in [6.07, 6.45) is 37.8. The molecule has 5 aliphatic carbocycles. The Morgan fingerprint density at radius 1 is 0.234 bits per heavy atom. The predicted molar refractivity (Wildman–Crippen MR) is 221 cm³/mol. The highest BCUT2D eigenvalue weighted by atomic mass is 14.4. The van der Waals surface area contributed by atoms with Gasteiger partial charge in [0.15, 0.2) is 0 Å². The molecule has 3 unspecified atom stereocenters. The summed E-state index contributed by atoms with van der Waals surface area (Å²) >= 11 is 0. The third-order valence-electron chi connectivity index (χ3n) is 12.7. The highest BCUT2D eigenvalue weighted by Crippen LogP contribution is 2.47. The van der Waals surface area contributed by atoms with Gasteiger partial charge in [0.1, 0.15) is 0 Å². The van der Waals surface area contributed by atoms with Crippen molar-refractivity contribution in [3.63, 3.8) is 0 Å². The van der Waals surface area contributed by atoms with Gasteiger partial charge in [-0.1, -0.05) is 219 Å². The van der Waals surface area contributed by atoms with Crippen LogP contribution in [0.1, 0.15) is 245 Å². The third-order valence-corrected chi connectivity index (χ3v) is 12.7. The summed E-state index contributed by atoms with van der Waals surface area (Å²) in [5, 5.41) is 0. The van der Waals surface area contributed by atoms with Crippen LogP contribution >= 0.6 is 0 Å². The minimum absolute atomic E-state index is 0. The van der Waals surface area contributed by atoms with Crippen molar-refractivity contribution in [3.8, 4) is 0 Å². The van der Waals surface area contributed by atoms with Crippen molar-refractivity contribution < 1.29 is 0 Å². The molecular weight excluding hydrogens is 565 g/mol. The minimum atomic E-state index is 0. The highest BCUT2D eigenvalue weighted by Gasteiger charge is 2.36. The van der Waals surface area contributed by atoms with Crippen molar-refractivity contribution >= 4 is 0 Å². The van der Waals surface area contributed by atoms with Gasteiger partial charge in [-0.2, -0.15) is 0 Å². The Morgan fingerprint density at radius 2 is 0.468 bits per heavy atom. The van der Waals surface area contributed by atoms with Gasteiger partial charge in [-0.15, -0.1) is 0 Å². The molecule has 0 aliphatic heterocycles. The van der Waals surface area contributed by atoms with E-state index in [1.807, 2.05) is 27.7 Å². The zero-order valence-electron chi connectivity index (χ0n) is 33.5. The van der Waals surface area contributed by atoms with E-state index in [0.29, 0.717) is 0 Å². The maximum Gasteiger partial charge on any atom is -0.0381 e. The lowest BCUT2D eigenvalue weighted by atomic mass is 9.70. The Labute approximate surface area is 303 Å². The molecule has 0 spiro atoms. The Morgan fingerprint density at radius 3 is 0.766 bits per heavy atom. The van der Waals surface area contributed by atoms with Crippen molar-refractivity contribution in [3.05, 3.63) is 0 Å². The Hall–Kier alpha value is 0. The first-order valence-corrected chi connectivity index (χ1v) is 21.8. The Balaban J connectivity index is 0. The summed E-state index contributed by atoms with van der Waals surface area (Å²) in [4.78, 5) is 0. The van der Waals surface area contributed by atoms with Gasteiger partial charge in [0.05, 0.1) is 0 Å². The second-order valence-corrected chi connectivity index (χ2v) is 17.2. The van der Waals surface area contributed by atoms with Gasteiger partial charge in [-0.05, 0) is 84.9 Å². The summed E-state index contributed by atoms with van der Waals surface area (Å²) in [5.41, 5.74) is 0. The molecule has 0 aromatic carbocycles. The monoisotopic (exact) mass is 663 g/mol. The Bertz CT molecular complexity index is 558. The molecule has 0 radical (unpaired) electrons. The van der Waals surface area contributed by atoms with E-state index in [2.05, 4.69) is 41.5 Å². The lowest BCUT2D eigenvalue weighted by molar-refractivity contribution is 0.158. The third kappa shape index (κ3) is 23.9. The number of hydrogen-bond acceptors (Lipinski definition) is 0. The lowest BCUT2D eigenvalue weighted by Gasteiger charge is -2.35. The molecule has 47 heavy (non-hydrogen) atoms. The molecule has 0 amide bonds. The van der Waals surface area contributed by atoms with Crippen molar-refractivity contribution in [1.29, 1.82) is 0 Å². The van der Waals surface area contributed by atoms with Crippen molar-refractivity contribution in [2.75, 3.05) is 0 Å². The van der Waals surface area contributed by atoms with Gasteiger partial charge in [0, 0.05) is 0 Å². The molecule has 5 fully saturated rings. The molecule has 0 aromatic rings. The maximum absolute atomic E-state index is 2.52. The van der Waals surface area contributed by atoms with Crippen LogP contribution in [0.4, 0.5) is 0 Å².